The van der Waals surface area contributed by atoms with Crippen molar-refractivity contribution < 1.29 is 9.90 Å². The summed E-state index contributed by atoms with van der Waals surface area (Å²) in [6.07, 6.45) is 1.95. The second-order valence-corrected chi connectivity index (χ2v) is 5.57. The molecule has 0 aromatic rings. The Balaban J connectivity index is 2.55. The van der Waals surface area contributed by atoms with Gasteiger partial charge in [-0.3, -0.25) is 10.1 Å². The fraction of sp³-hybridized carbons (Fsp3) is 0.909. The molecule has 1 saturated heterocycles. The van der Waals surface area contributed by atoms with Crippen LogP contribution in [0.4, 0.5) is 0 Å². The van der Waals surface area contributed by atoms with E-state index in [4.69, 9.17) is 5.11 Å². The summed E-state index contributed by atoms with van der Waals surface area (Å²) in [5.41, 5.74) is -0.734. The summed E-state index contributed by atoms with van der Waals surface area (Å²) in [6.45, 7) is 8.66. The summed E-state index contributed by atoms with van der Waals surface area (Å²) >= 11 is 0. The lowest BCUT2D eigenvalue weighted by Gasteiger charge is -2.39. The lowest BCUT2D eigenvalue weighted by Crippen LogP contribution is -2.58. The van der Waals surface area contributed by atoms with E-state index in [0.717, 1.165) is 19.4 Å². The molecule has 0 spiro atoms. The molecule has 0 aliphatic carbocycles. The van der Waals surface area contributed by atoms with Crippen molar-refractivity contribution >= 4 is 5.97 Å². The van der Waals surface area contributed by atoms with E-state index >= 15 is 0 Å². The molecule has 1 aliphatic heterocycles. The maximum absolute atomic E-state index is 11.0. The minimum atomic E-state index is -0.835. The van der Waals surface area contributed by atoms with Gasteiger partial charge in [0.2, 0.25) is 0 Å². The van der Waals surface area contributed by atoms with E-state index in [1.165, 1.54) is 0 Å². The van der Waals surface area contributed by atoms with Gasteiger partial charge < -0.3 is 10.4 Å². The van der Waals surface area contributed by atoms with Gasteiger partial charge in [0.1, 0.15) is 5.54 Å². The summed E-state index contributed by atoms with van der Waals surface area (Å²) in [6, 6.07) is 0.285. The van der Waals surface area contributed by atoms with Gasteiger partial charge in [-0.1, -0.05) is 0 Å². The van der Waals surface area contributed by atoms with Gasteiger partial charge in [-0.15, -0.1) is 0 Å². The fourth-order valence-electron chi connectivity index (χ4n) is 2.07. The molecule has 1 unspecified atom stereocenters. The molecule has 0 saturated carbocycles. The Labute approximate surface area is 91.4 Å². The van der Waals surface area contributed by atoms with Crippen LogP contribution in [0.5, 0.6) is 0 Å². The van der Waals surface area contributed by atoms with Crippen molar-refractivity contribution in [3.05, 3.63) is 0 Å². The van der Waals surface area contributed by atoms with Crippen molar-refractivity contribution in [2.75, 3.05) is 6.54 Å². The minimum absolute atomic E-state index is 0.102. The highest BCUT2D eigenvalue weighted by Crippen LogP contribution is 2.20. The molecule has 0 aromatic carbocycles. The predicted molar refractivity (Wildman–Crippen MR) is 60.0 cm³/mol. The summed E-state index contributed by atoms with van der Waals surface area (Å²) in [4.78, 5) is 11.0. The molecule has 0 radical (unpaired) electrons. The van der Waals surface area contributed by atoms with E-state index < -0.39 is 11.5 Å². The van der Waals surface area contributed by atoms with E-state index in [2.05, 4.69) is 24.5 Å². The molecule has 4 heteroatoms. The first-order valence-electron chi connectivity index (χ1n) is 5.49. The molecule has 1 rings (SSSR count). The van der Waals surface area contributed by atoms with E-state index in [1.54, 1.807) is 13.8 Å². The molecule has 1 fully saturated rings. The third-order valence-electron chi connectivity index (χ3n) is 2.95. The van der Waals surface area contributed by atoms with Crippen LogP contribution in [0.2, 0.25) is 0 Å². The van der Waals surface area contributed by atoms with Crippen LogP contribution in [0.3, 0.4) is 0 Å². The monoisotopic (exact) mass is 214 g/mol. The van der Waals surface area contributed by atoms with E-state index in [1.807, 2.05) is 0 Å². The molecule has 0 amide bonds. The highest BCUT2D eigenvalue weighted by molar-refractivity contribution is 5.77. The topological polar surface area (TPSA) is 61.4 Å². The van der Waals surface area contributed by atoms with E-state index in [9.17, 15) is 4.79 Å². The number of carboxylic acid groups (broad SMARTS) is 1. The normalized spacial score (nSPS) is 26.3. The first kappa shape index (κ1) is 12.5. The third-order valence-corrected chi connectivity index (χ3v) is 2.95. The van der Waals surface area contributed by atoms with Gasteiger partial charge in [0.15, 0.2) is 0 Å². The Kier molecular flexibility index (Phi) is 3.41. The molecular weight excluding hydrogens is 192 g/mol. The van der Waals surface area contributed by atoms with Crippen LogP contribution in [-0.2, 0) is 4.79 Å². The summed E-state index contributed by atoms with van der Waals surface area (Å²) in [5.74, 6) is -0.793. The summed E-state index contributed by atoms with van der Waals surface area (Å²) < 4.78 is 0. The maximum atomic E-state index is 11.0. The predicted octanol–water partition coefficient (Wildman–Crippen LogP) is 0.970. The molecular formula is C11H22N2O2. The van der Waals surface area contributed by atoms with Crippen LogP contribution < -0.4 is 10.6 Å². The standard InChI is InChI=1S/C11H22N2O2/c1-10(2)7-8(5-6-12-10)13-11(3,4)9(14)15/h8,12-13H,5-7H2,1-4H3,(H,14,15). The lowest BCUT2D eigenvalue weighted by molar-refractivity contribution is -0.143. The number of hydrogen-bond acceptors (Lipinski definition) is 3. The number of carboxylic acids is 1. The van der Waals surface area contributed by atoms with Crippen molar-refractivity contribution in [3.8, 4) is 0 Å². The Morgan fingerprint density at radius 3 is 2.60 bits per heavy atom. The Bertz CT molecular complexity index is 249. The molecule has 0 aromatic heterocycles. The number of carbonyl (C=O) groups is 1. The van der Waals surface area contributed by atoms with Crippen LogP contribution in [0.1, 0.15) is 40.5 Å². The van der Waals surface area contributed by atoms with Gasteiger partial charge in [0.05, 0.1) is 0 Å². The number of rotatable bonds is 3. The number of piperidine rings is 1. The fourth-order valence-corrected chi connectivity index (χ4v) is 2.07. The average molecular weight is 214 g/mol. The first-order valence-corrected chi connectivity index (χ1v) is 5.49. The lowest BCUT2D eigenvalue weighted by atomic mass is 9.88. The van der Waals surface area contributed by atoms with Crippen molar-refractivity contribution in [1.29, 1.82) is 0 Å². The van der Waals surface area contributed by atoms with E-state index in [-0.39, 0.29) is 11.6 Å². The molecule has 1 heterocycles. The Hall–Kier alpha value is -0.610. The van der Waals surface area contributed by atoms with Crippen LogP contribution in [0.25, 0.3) is 0 Å². The molecule has 0 bridgehead atoms. The SMILES string of the molecule is CC1(C)CC(NC(C)(C)C(=O)O)CCN1. The van der Waals surface area contributed by atoms with Crippen LogP contribution >= 0.6 is 0 Å². The van der Waals surface area contributed by atoms with Crippen molar-refractivity contribution in [3.63, 3.8) is 0 Å². The summed E-state index contributed by atoms with van der Waals surface area (Å²) in [7, 11) is 0. The highest BCUT2D eigenvalue weighted by atomic mass is 16.4. The highest BCUT2D eigenvalue weighted by Gasteiger charge is 2.34. The van der Waals surface area contributed by atoms with E-state index in [0.29, 0.717) is 0 Å². The van der Waals surface area contributed by atoms with Crippen LogP contribution in [0.15, 0.2) is 0 Å². The van der Waals surface area contributed by atoms with Gasteiger partial charge in [-0.05, 0) is 47.1 Å². The van der Waals surface area contributed by atoms with Crippen LogP contribution in [-0.4, -0.2) is 34.7 Å². The zero-order chi connectivity index (χ0) is 11.7. The van der Waals surface area contributed by atoms with Crippen molar-refractivity contribution in [1.82, 2.24) is 10.6 Å². The zero-order valence-electron chi connectivity index (χ0n) is 10.1. The number of nitrogens with one attached hydrogen (secondary N) is 2. The van der Waals surface area contributed by atoms with Gasteiger partial charge in [0.25, 0.3) is 0 Å². The zero-order valence-corrected chi connectivity index (χ0v) is 10.1. The van der Waals surface area contributed by atoms with Gasteiger partial charge in [0, 0.05) is 11.6 Å². The minimum Gasteiger partial charge on any atom is -0.480 e. The maximum Gasteiger partial charge on any atom is 0.323 e. The van der Waals surface area contributed by atoms with Gasteiger partial charge >= 0.3 is 5.97 Å². The second-order valence-electron chi connectivity index (χ2n) is 5.57. The quantitative estimate of drug-likeness (QED) is 0.655. The molecule has 1 aliphatic rings. The third kappa shape index (κ3) is 3.47. The van der Waals surface area contributed by atoms with Crippen LogP contribution in [0, 0.1) is 0 Å². The molecule has 4 nitrogen and oxygen atoms in total. The number of hydrogen-bond donors (Lipinski definition) is 3. The van der Waals surface area contributed by atoms with Crippen molar-refractivity contribution in [2.45, 2.75) is 57.7 Å². The smallest absolute Gasteiger partial charge is 0.323 e. The second kappa shape index (κ2) is 4.10. The Morgan fingerprint density at radius 2 is 2.13 bits per heavy atom. The average Bonchev–Trinajstić information content (AvgIpc) is 2.00. The molecule has 1 atom stereocenters. The van der Waals surface area contributed by atoms with Gasteiger partial charge in [-0.2, -0.15) is 0 Å². The first-order chi connectivity index (χ1) is 6.73. The van der Waals surface area contributed by atoms with Gasteiger partial charge in [-0.25, -0.2) is 0 Å². The summed E-state index contributed by atoms with van der Waals surface area (Å²) in [5, 5.41) is 15.7. The molecule has 15 heavy (non-hydrogen) atoms. The molecule has 88 valence electrons. The Morgan fingerprint density at radius 1 is 1.53 bits per heavy atom. The van der Waals surface area contributed by atoms with Crippen molar-refractivity contribution in [2.24, 2.45) is 0 Å². The molecule has 3 N–H and O–H groups in total. The number of aliphatic carboxylic acids is 1. The largest absolute Gasteiger partial charge is 0.480 e.